The van der Waals surface area contributed by atoms with Crippen molar-refractivity contribution in [1.82, 2.24) is 14.7 Å². The van der Waals surface area contributed by atoms with Gasteiger partial charge < -0.3 is 0 Å². The van der Waals surface area contributed by atoms with Crippen molar-refractivity contribution in [2.24, 2.45) is 5.92 Å². The number of likely N-dealkylation sites (tertiary alicyclic amines) is 1. The Kier molecular flexibility index (Phi) is 4.75. The fourth-order valence-corrected chi connectivity index (χ4v) is 2.60. The van der Waals surface area contributed by atoms with Gasteiger partial charge in [-0.25, -0.2) is 0 Å². The van der Waals surface area contributed by atoms with Crippen LogP contribution in [0.1, 0.15) is 51.8 Å². The second-order valence-corrected chi connectivity index (χ2v) is 5.60. The standard InChI is InChI=1S/C15H25N3O/c1-4-12(3)18-9-6-14(16-18)11-17-8-7-15(19)13(5-2)10-17/h6,9,12-13H,4-5,7-8,10-11H2,1-3H3. The predicted octanol–water partition coefficient (Wildman–Crippen LogP) is 2.66. The van der Waals surface area contributed by atoms with Crippen LogP contribution in [0.2, 0.25) is 0 Å². The summed E-state index contributed by atoms with van der Waals surface area (Å²) in [4.78, 5) is 14.1. The van der Waals surface area contributed by atoms with Crippen molar-refractivity contribution in [2.45, 2.75) is 52.6 Å². The Bertz CT molecular complexity index is 427. The lowest BCUT2D eigenvalue weighted by Crippen LogP contribution is -2.40. The van der Waals surface area contributed by atoms with Crippen LogP contribution >= 0.6 is 0 Å². The smallest absolute Gasteiger partial charge is 0.138 e. The SMILES string of the molecule is CCC1CN(Cc2ccn(C(C)CC)n2)CCC1=O. The topological polar surface area (TPSA) is 38.1 Å². The molecule has 1 aliphatic heterocycles. The highest BCUT2D eigenvalue weighted by Gasteiger charge is 2.25. The zero-order chi connectivity index (χ0) is 13.8. The lowest BCUT2D eigenvalue weighted by atomic mass is 9.94. The first-order chi connectivity index (χ1) is 9.13. The summed E-state index contributed by atoms with van der Waals surface area (Å²) in [5.74, 6) is 0.661. The fourth-order valence-electron chi connectivity index (χ4n) is 2.60. The van der Waals surface area contributed by atoms with Crippen molar-refractivity contribution in [1.29, 1.82) is 0 Å². The molecule has 1 aromatic heterocycles. The van der Waals surface area contributed by atoms with Gasteiger partial charge in [-0.15, -0.1) is 0 Å². The first kappa shape index (κ1) is 14.3. The number of ketones is 1. The largest absolute Gasteiger partial charge is 0.299 e. The maximum atomic E-state index is 11.7. The molecule has 0 amide bonds. The van der Waals surface area contributed by atoms with Crippen LogP contribution in [-0.2, 0) is 11.3 Å². The van der Waals surface area contributed by atoms with E-state index in [0.29, 0.717) is 18.2 Å². The van der Waals surface area contributed by atoms with Gasteiger partial charge in [-0.3, -0.25) is 14.4 Å². The fraction of sp³-hybridized carbons (Fsp3) is 0.733. The van der Waals surface area contributed by atoms with E-state index in [-0.39, 0.29) is 5.92 Å². The summed E-state index contributed by atoms with van der Waals surface area (Å²) in [5.41, 5.74) is 1.12. The number of Topliss-reactive ketones (excluding diaryl/α,β-unsaturated/α-hetero) is 1. The molecule has 4 nitrogen and oxygen atoms in total. The lowest BCUT2D eigenvalue weighted by molar-refractivity contribution is -0.126. The van der Waals surface area contributed by atoms with Crippen LogP contribution in [0.15, 0.2) is 12.3 Å². The van der Waals surface area contributed by atoms with Crippen molar-refractivity contribution in [3.63, 3.8) is 0 Å². The molecule has 2 rings (SSSR count). The highest BCUT2D eigenvalue weighted by molar-refractivity contribution is 5.82. The molecule has 2 unspecified atom stereocenters. The summed E-state index contributed by atoms with van der Waals surface area (Å²) < 4.78 is 2.04. The van der Waals surface area contributed by atoms with Gasteiger partial charge in [-0.05, 0) is 25.8 Å². The third-order valence-corrected chi connectivity index (χ3v) is 4.19. The minimum atomic E-state index is 0.227. The average molecular weight is 263 g/mol. The predicted molar refractivity (Wildman–Crippen MR) is 75.9 cm³/mol. The van der Waals surface area contributed by atoms with Crippen LogP contribution < -0.4 is 0 Å². The Morgan fingerprint density at radius 3 is 2.95 bits per heavy atom. The Labute approximate surface area is 115 Å². The summed E-state index contributed by atoms with van der Waals surface area (Å²) in [6.07, 6.45) is 4.81. The molecule has 19 heavy (non-hydrogen) atoms. The van der Waals surface area contributed by atoms with E-state index in [1.807, 2.05) is 4.68 Å². The van der Waals surface area contributed by atoms with E-state index in [9.17, 15) is 4.79 Å². The number of rotatable bonds is 5. The van der Waals surface area contributed by atoms with E-state index in [2.05, 4.69) is 43.0 Å². The number of piperidine rings is 1. The first-order valence-corrected chi connectivity index (χ1v) is 7.43. The van der Waals surface area contributed by atoms with Crippen LogP contribution in [0, 0.1) is 5.92 Å². The molecule has 2 heterocycles. The minimum Gasteiger partial charge on any atom is -0.299 e. The highest BCUT2D eigenvalue weighted by atomic mass is 16.1. The molecular formula is C15H25N3O. The van der Waals surface area contributed by atoms with Crippen molar-refractivity contribution < 1.29 is 4.79 Å². The molecule has 0 saturated carbocycles. The van der Waals surface area contributed by atoms with Crippen molar-refractivity contribution in [3.8, 4) is 0 Å². The molecule has 1 saturated heterocycles. The summed E-state index contributed by atoms with van der Waals surface area (Å²) in [6.45, 7) is 9.10. The van der Waals surface area contributed by atoms with Crippen molar-refractivity contribution in [2.75, 3.05) is 13.1 Å². The van der Waals surface area contributed by atoms with Gasteiger partial charge in [0.25, 0.3) is 0 Å². The molecule has 1 aromatic rings. The normalized spacial score (nSPS) is 22.7. The Hall–Kier alpha value is -1.16. The first-order valence-electron chi connectivity index (χ1n) is 7.43. The van der Waals surface area contributed by atoms with Crippen LogP contribution in [0.4, 0.5) is 0 Å². The molecule has 0 aromatic carbocycles. The number of hydrogen-bond donors (Lipinski definition) is 0. The molecule has 0 bridgehead atoms. The van der Waals surface area contributed by atoms with E-state index in [1.165, 1.54) is 0 Å². The third kappa shape index (κ3) is 3.44. The second-order valence-electron chi connectivity index (χ2n) is 5.60. The lowest BCUT2D eigenvalue weighted by Gasteiger charge is -2.30. The number of hydrogen-bond acceptors (Lipinski definition) is 3. The molecule has 0 spiro atoms. The summed E-state index contributed by atoms with van der Waals surface area (Å²) >= 11 is 0. The maximum absolute atomic E-state index is 11.7. The van der Waals surface area contributed by atoms with Gasteiger partial charge in [0.15, 0.2) is 0 Å². The molecule has 1 aliphatic rings. The van der Waals surface area contributed by atoms with Gasteiger partial charge in [-0.2, -0.15) is 5.10 Å². The average Bonchev–Trinajstić information content (AvgIpc) is 2.88. The Balaban J connectivity index is 1.94. The molecule has 0 N–H and O–H groups in total. The monoisotopic (exact) mass is 263 g/mol. The van der Waals surface area contributed by atoms with Crippen molar-refractivity contribution in [3.05, 3.63) is 18.0 Å². The second kappa shape index (κ2) is 6.33. The Morgan fingerprint density at radius 2 is 2.26 bits per heavy atom. The van der Waals surface area contributed by atoms with Crippen LogP contribution in [0.5, 0.6) is 0 Å². The van der Waals surface area contributed by atoms with Crippen molar-refractivity contribution >= 4 is 5.78 Å². The molecular weight excluding hydrogens is 238 g/mol. The molecule has 106 valence electrons. The van der Waals surface area contributed by atoms with Crippen LogP contribution in [0.25, 0.3) is 0 Å². The van der Waals surface area contributed by atoms with Gasteiger partial charge in [0, 0.05) is 44.2 Å². The van der Waals surface area contributed by atoms with Gasteiger partial charge in [0.05, 0.1) is 5.69 Å². The van der Waals surface area contributed by atoms with Crippen LogP contribution in [0.3, 0.4) is 0 Å². The zero-order valence-corrected chi connectivity index (χ0v) is 12.3. The van der Waals surface area contributed by atoms with E-state index < -0.39 is 0 Å². The highest BCUT2D eigenvalue weighted by Crippen LogP contribution is 2.18. The van der Waals surface area contributed by atoms with E-state index in [4.69, 9.17) is 0 Å². The van der Waals surface area contributed by atoms with Gasteiger partial charge >= 0.3 is 0 Å². The van der Waals surface area contributed by atoms with E-state index in [1.54, 1.807) is 0 Å². The summed E-state index contributed by atoms with van der Waals surface area (Å²) in [5, 5.41) is 4.64. The van der Waals surface area contributed by atoms with E-state index >= 15 is 0 Å². The molecule has 0 radical (unpaired) electrons. The number of aromatic nitrogens is 2. The van der Waals surface area contributed by atoms with Gasteiger partial charge in [-0.1, -0.05) is 13.8 Å². The third-order valence-electron chi connectivity index (χ3n) is 4.19. The molecule has 2 atom stereocenters. The maximum Gasteiger partial charge on any atom is 0.138 e. The minimum absolute atomic E-state index is 0.227. The van der Waals surface area contributed by atoms with E-state index in [0.717, 1.165) is 38.2 Å². The summed E-state index contributed by atoms with van der Waals surface area (Å²) in [7, 11) is 0. The number of nitrogens with zero attached hydrogens (tertiary/aromatic N) is 3. The number of carbonyl (C=O) groups excluding carboxylic acids is 1. The Morgan fingerprint density at radius 1 is 1.47 bits per heavy atom. The molecule has 0 aliphatic carbocycles. The van der Waals surface area contributed by atoms with Gasteiger partial charge in [0.2, 0.25) is 0 Å². The number of carbonyl (C=O) groups is 1. The quantitative estimate of drug-likeness (QED) is 0.819. The van der Waals surface area contributed by atoms with Crippen LogP contribution in [-0.4, -0.2) is 33.6 Å². The zero-order valence-electron chi connectivity index (χ0n) is 12.3. The van der Waals surface area contributed by atoms with Gasteiger partial charge in [0.1, 0.15) is 5.78 Å². The molecule has 1 fully saturated rings. The summed E-state index contributed by atoms with van der Waals surface area (Å²) in [6, 6.07) is 2.56. The molecule has 4 heteroatoms.